The van der Waals surface area contributed by atoms with Gasteiger partial charge in [0.15, 0.2) is 0 Å². The third kappa shape index (κ3) is 1.99. The van der Waals surface area contributed by atoms with Gasteiger partial charge >= 0.3 is 16.2 Å². The second-order valence-corrected chi connectivity index (χ2v) is 7.89. The fraction of sp³-hybridized carbons (Fsp3) is 0.615. The first-order chi connectivity index (χ1) is 10.2. The maximum absolute atomic E-state index is 12.4. The molecule has 1 aromatic rings. The topological polar surface area (TPSA) is 98.6 Å². The maximum atomic E-state index is 12.4. The van der Waals surface area contributed by atoms with Crippen LogP contribution in [0.1, 0.15) is 24.2 Å². The number of imidazole rings is 1. The van der Waals surface area contributed by atoms with Gasteiger partial charge in [-0.2, -0.15) is 12.7 Å². The van der Waals surface area contributed by atoms with Gasteiger partial charge in [-0.3, -0.25) is 9.59 Å². The Morgan fingerprint density at radius 1 is 1.45 bits per heavy atom. The number of ketones is 1. The van der Waals surface area contributed by atoms with Crippen LogP contribution in [0.4, 0.5) is 0 Å². The summed E-state index contributed by atoms with van der Waals surface area (Å²) < 4.78 is 32.0. The fourth-order valence-electron chi connectivity index (χ4n) is 3.25. The molecule has 0 radical (unpaired) electrons. The lowest BCUT2D eigenvalue weighted by molar-refractivity contribution is -0.143. The van der Waals surface area contributed by atoms with Crippen LogP contribution >= 0.6 is 0 Å². The van der Waals surface area contributed by atoms with Crippen LogP contribution in [0.25, 0.3) is 0 Å². The van der Waals surface area contributed by atoms with Crippen LogP contribution in [-0.2, 0) is 31.0 Å². The Morgan fingerprint density at radius 2 is 2.14 bits per heavy atom. The molecule has 1 fully saturated rings. The van der Waals surface area contributed by atoms with E-state index in [1.807, 2.05) is 0 Å². The van der Waals surface area contributed by atoms with E-state index in [4.69, 9.17) is 4.74 Å². The molecule has 1 aliphatic heterocycles. The molecule has 1 aliphatic carbocycles. The average Bonchev–Trinajstić information content (AvgIpc) is 3.00. The standard InChI is InChI=1S/C13H17N3O5S/c1-7(17)10-11-8(5-21-13(11)18)4-9-12(10)16(6-14-9)22(19,20)15(2)3/h6,8,10-11H,4-5H2,1-3H3/t8-,10+,11-/m1/s1. The summed E-state index contributed by atoms with van der Waals surface area (Å²) in [6.07, 6.45) is 1.65. The van der Waals surface area contributed by atoms with E-state index in [9.17, 15) is 18.0 Å². The van der Waals surface area contributed by atoms with E-state index in [1.54, 1.807) is 0 Å². The molecule has 0 spiro atoms. The van der Waals surface area contributed by atoms with Gasteiger partial charge in [0, 0.05) is 20.0 Å². The number of cyclic esters (lactones) is 1. The molecule has 3 rings (SSSR count). The van der Waals surface area contributed by atoms with Crippen LogP contribution in [0, 0.1) is 11.8 Å². The molecule has 3 atom stereocenters. The van der Waals surface area contributed by atoms with Crippen molar-refractivity contribution >= 4 is 22.0 Å². The first-order valence-electron chi connectivity index (χ1n) is 6.91. The van der Waals surface area contributed by atoms with Gasteiger partial charge in [-0.05, 0) is 13.3 Å². The monoisotopic (exact) mass is 327 g/mol. The highest BCUT2D eigenvalue weighted by atomic mass is 32.2. The molecule has 1 saturated heterocycles. The van der Waals surface area contributed by atoms with Crippen LogP contribution in [-0.4, -0.2) is 54.1 Å². The molecular weight excluding hydrogens is 310 g/mol. The predicted molar refractivity (Wildman–Crippen MR) is 75.3 cm³/mol. The predicted octanol–water partition coefficient (Wildman–Crippen LogP) is -0.444. The molecule has 120 valence electrons. The fourth-order valence-corrected chi connectivity index (χ4v) is 4.24. The summed E-state index contributed by atoms with van der Waals surface area (Å²) in [4.78, 5) is 28.3. The number of carbonyl (C=O) groups is 2. The quantitative estimate of drug-likeness (QED) is 0.698. The number of hydrogen-bond donors (Lipinski definition) is 0. The zero-order valence-corrected chi connectivity index (χ0v) is 13.3. The van der Waals surface area contributed by atoms with Crippen LogP contribution in [0.15, 0.2) is 6.33 Å². The van der Waals surface area contributed by atoms with E-state index >= 15 is 0 Å². The van der Waals surface area contributed by atoms with E-state index in [0.717, 1.165) is 8.28 Å². The van der Waals surface area contributed by atoms with Crippen LogP contribution in [0.3, 0.4) is 0 Å². The zero-order valence-electron chi connectivity index (χ0n) is 12.5. The Kier molecular flexibility index (Phi) is 3.37. The lowest BCUT2D eigenvalue weighted by Gasteiger charge is -2.29. The molecule has 9 heteroatoms. The average molecular weight is 327 g/mol. The highest BCUT2D eigenvalue weighted by Gasteiger charge is 2.51. The zero-order chi connectivity index (χ0) is 16.2. The lowest BCUT2D eigenvalue weighted by Crippen LogP contribution is -2.38. The second kappa shape index (κ2) is 4.88. The van der Waals surface area contributed by atoms with Gasteiger partial charge in [-0.15, -0.1) is 0 Å². The molecule has 2 heterocycles. The third-order valence-corrected chi connectivity index (χ3v) is 6.04. The van der Waals surface area contributed by atoms with Gasteiger partial charge in [0.2, 0.25) is 0 Å². The van der Waals surface area contributed by atoms with Gasteiger partial charge in [0.05, 0.1) is 29.8 Å². The molecule has 22 heavy (non-hydrogen) atoms. The Hall–Kier alpha value is -1.74. The first kappa shape index (κ1) is 15.2. The molecule has 0 unspecified atom stereocenters. The summed E-state index contributed by atoms with van der Waals surface area (Å²) in [5.41, 5.74) is 0.839. The summed E-state index contributed by atoms with van der Waals surface area (Å²) in [5, 5.41) is 0. The van der Waals surface area contributed by atoms with Crippen molar-refractivity contribution in [3.8, 4) is 0 Å². The van der Waals surface area contributed by atoms with E-state index in [2.05, 4.69) is 4.98 Å². The van der Waals surface area contributed by atoms with Gasteiger partial charge in [0.25, 0.3) is 0 Å². The highest BCUT2D eigenvalue weighted by Crippen LogP contribution is 2.44. The molecule has 0 bridgehead atoms. The number of ether oxygens (including phenoxy) is 1. The summed E-state index contributed by atoms with van der Waals surface area (Å²) in [7, 11) is -0.999. The number of carbonyl (C=O) groups excluding carboxylic acids is 2. The van der Waals surface area contributed by atoms with E-state index in [1.165, 1.54) is 27.3 Å². The Bertz CT molecular complexity index is 752. The van der Waals surface area contributed by atoms with Gasteiger partial charge in [-0.1, -0.05) is 0 Å². The van der Waals surface area contributed by atoms with Crippen molar-refractivity contribution in [1.29, 1.82) is 0 Å². The first-order valence-corrected chi connectivity index (χ1v) is 8.31. The van der Waals surface area contributed by atoms with Crippen LogP contribution in [0.5, 0.6) is 0 Å². The minimum Gasteiger partial charge on any atom is -0.465 e. The van der Waals surface area contributed by atoms with Gasteiger partial charge < -0.3 is 4.74 Å². The normalized spacial score (nSPS) is 27.5. The van der Waals surface area contributed by atoms with Gasteiger partial charge in [-0.25, -0.2) is 8.96 Å². The minimum absolute atomic E-state index is 0.126. The summed E-state index contributed by atoms with van der Waals surface area (Å²) in [5.74, 6) is -2.28. The highest BCUT2D eigenvalue weighted by molar-refractivity contribution is 7.87. The van der Waals surface area contributed by atoms with Crippen LogP contribution in [0.2, 0.25) is 0 Å². The molecule has 0 N–H and O–H groups in total. The number of hydrogen-bond acceptors (Lipinski definition) is 6. The van der Waals surface area contributed by atoms with Crippen molar-refractivity contribution < 1.29 is 22.7 Å². The molecule has 1 aromatic heterocycles. The number of nitrogens with zero attached hydrogens (tertiary/aromatic N) is 3. The summed E-state index contributed by atoms with van der Waals surface area (Å²) >= 11 is 0. The summed E-state index contributed by atoms with van der Waals surface area (Å²) in [6, 6.07) is 0. The Labute approximate surface area is 128 Å². The molecular formula is C13H17N3O5S. The van der Waals surface area contributed by atoms with Crippen molar-refractivity contribution in [1.82, 2.24) is 13.3 Å². The number of aromatic nitrogens is 2. The molecule has 0 amide bonds. The largest absolute Gasteiger partial charge is 0.465 e. The van der Waals surface area contributed by atoms with Gasteiger partial charge in [0.1, 0.15) is 12.1 Å². The van der Waals surface area contributed by atoms with Crippen molar-refractivity contribution in [3.63, 3.8) is 0 Å². The van der Waals surface area contributed by atoms with Crippen molar-refractivity contribution in [2.75, 3.05) is 20.7 Å². The number of fused-ring (bicyclic) bond motifs is 2. The van der Waals surface area contributed by atoms with E-state index in [0.29, 0.717) is 17.8 Å². The second-order valence-electron chi connectivity index (χ2n) is 5.87. The smallest absolute Gasteiger partial charge is 0.310 e. The minimum atomic E-state index is -3.80. The SMILES string of the molecule is CC(=O)[C@@H]1c2c(ncn2S(=O)(=O)N(C)C)C[C@@H]2COC(=O)[C@H]21. The molecule has 0 aromatic carbocycles. The van der Waals surface area contributed by atoms with Crippen molar-refractivity contribution in [2.24, 2.45) is 11.8 Å². The third-order valence-electron chi connectivity index (χ3n) is 4.33. The van der Waals surface area contributed by atoms with E-state index < -0.39 is 28.0 Å². The Morgan fingerprint density at radius 3 is 2.73 bits per heavy atom. The number of Topliss-reactive ketones (excluding diaryl/α,β-unsaturated/α-hetero) is 1. The molecule has 8 nitrogen and oxygen atoms in total. The van der Waals surface area contributed by atoms with E-state index in [-0.39, 0.29) is 18.3 Å². The number of esters is 1. The lowest BCUT2D eigenvalue weighted by atomic mass is 9.72. The number of rotatable bonds is 3. The Balaban J connectivity index is 2.20. The van der Waals surface area contributed by atoms with Crippen LogP contribution < -0.4 is 0 Å². The molecule has 2 aliphatic rings. The molecule has 0 saturated carbocycles. The summed E-state index contributed by atoms with van der Waals surface area (Å²) in [6.45, 7) is 1.61. The maximum Gasteiger partial charge on any atom is 0.310 e. The van der Waals surface area contributed by atoms with Crippen molar-refractivity contribution in [3.05, 3.63) is 17.7 Å². The van der Waals surface area contributed by atoms with Crippen molar-refractivity contribution in [2.45, 2.75) is 19.3 Å².